The highest BCUT2D eigenvalue weighted by Gasteiger charge is 2.30. The molecule has 1 aromatic carbocycles. The van der Waals surface area contributed by atoms with Gasteiger partial charge in [0.25, 0.3) is 5.69 Å². The van der Waals surface area contributed by atoms with Crippen molar-refractivity contribution in [3.8, 4) is 5.88 Å². The third-order valence-electron chi connectivity index (χ3n) is 4.38. The number of nitrogens with zero attached hydrogens (tertiary/aromatic N) is 5. The molecule has 1 fully saturated rings. The second-order valence-corrected chi connectivity index (χ2v) is 7.05. The molecule has 26 heavy (non-hydrogen) atoms. The minimum absolute atomic E-state index is 0.0389. The van der Waals surface area contributed by atoms with Crippen molar-refractivity contribution in [2.45, 2.75) is 13.0 Å². The van der Waals surface area contributed by atoms with Crippen LogP contribution in [0.2, 0.25) is 0 Å². The average Bonchev–Trinajstić information content (AvgIpc) is 3.14. The molecule has 0 spiro atoms. The van der Waals surface area contributed by atoms with E-state index in [1.807, 2.05) is 0 Å². The Labute approximate surface area is 152 Å². The number of non-ortho nitro benzene ring substituents is 1. The number of rotatable bonds is 4. The van der Waals surface area contributed by atoms with Crippen molar-refractivity contribution < 1.29 is 14.8 Å². The summed E-state index contributed by atoms with van der Waals surface area (Å²) in [5, 5.41) is 25.9. The second kappa shape index (κ2) is 6.63. The number of aryl methyl sites for hydroxylation is 1. The number of thiazole rings is 1. The van der Waals surface area contributed by atoms with Crippen molar-refractivity contribution in [2.75, 3.05) is 26.3 Å². The van der Waals surface area contributed by atoms with E-state index >= 15 is 0 Å². The van der Waals surface area contributed by atoms with Gasteiger partial charge in [0.1, 0.15) is 5.82 Å². The molecule has 4 rings (SSSR count). The molecule has 9 nitrogen and oxygen atoms in total. The van der Waals surface area contributed by atoms with Gasteiger partial charge in [0.05, 0.1) is 29.1 Å². The van der Waals surface area contributed by atoms with Gasteiger partial charge in [-0.15, -0.1) is 5.10 Å². The van der Waals surface area contributed by atoms with Gasteiger partial charge in [-0.25, -0.2) is 4.98 Å². The van der Waals surface area contributed by atoms with Crippen LogP contribution in [-0.4, -0.2) is 55.8 Å². The lowest BCUT2D eigenvalue weighted by atomic mass is 10.0. The Morgan fingerprint density at radius 1 is 1.31 bits per heavy atom. The molecule has 1 N–H and O–H groups in total. The van der Waals surface area contributed by atoms with E-state index in [9.17, 15) is 15.2 Å². The fourth-order valence-electron chi connectivity index (χ4n) is 3.17. The van der Waals surface area contributed by atoms with E-state index < -0.39 is 4.92 Å². The first-order chi connectivity index (χ1) is 12.5. The molecule has 0 amide bonds. The van der Waals surface area contributed by atoms with Gasteiger partial charge in [-0.3, -0.25) is 15.0 Å². The lowest BCUT2D eigenvalue weighted by Gasteiger charge is -2.34. The molecule has 136 valence electrons. The van der Waals surface area contributed by atoms with Crippen LogP contribution in [0.4, 0.5) is 5.69 Å². The van der Waals surface area contributed by atoms with Crippen LogP contribution in [0.1, 0.15) is 22.3 Å². The summed E-state index contributed by atoms with van der Waals surface area (Å²) in [5.74, 6) is 0.650. The highest BCUT2D eigenvalue weighted by Crippen LogP contribution is 2.40. The number of nitro groups is 1. The zero-order valence-corrected chi connectivity index (χ0v) is 14.8. The number of benzene rings is 1. The van der Waals surface area contributed by atoms with E-state index in [1.165, 1.54) is 28.0 Å². The smallest absolute Gasteiger partial charge is 0.269 e. The van der Waals surface area contributed by atoms with Gasteiger partial charge in [-0.2, -0.15) is 4.52 Å². The first-order valence-electron chi connectivity index (χ1n) is 8.16. The van der Waals surface area contributed by atoms with Crippen LogP contribution in [-0.2, 0) is 4.74 Å². The Morgan fingerprint density at radius 3 is 2.62 bits per heavy atom. The SMILES string of the molecule is Cc1nc2sc([C@H](c3ccc([N+](=O)[O-])cc3)N3CCOCC3)c(O)n2n1. The summed E-state index contributed by atoms with van der Waals surface area (Å²) in [6, 6.07) is 6.20. The maximum absolute atomic E-state index is 10.9. The zero-order valence-electron chi connectivity index (χ0n) is 14.0. The van der Waals surface area contributed by atoms with Crippen molar-refractivity contribution in [3.05, 3.63) is 50.6 Å². The summed E-state index contributed by atoms with van der Waals surface area (Å²) in [6.45, 7) is 4.38. The Balaban J connectivity index is 1.80. The molecule has 1 aliphatic rings. The maximum Gasteiger partial charge on any atom is 0.269 e. The fourth-order valence-corrected chi connectivity index (χ4v) is 4.33. The van der Waals surface area contributed by atoms with Crippen LogP contribution in [0, 0.1) is 17.0 Å². The van der Waals surface area contributed by atoms with E-state index in [0.717, 1.165) is 10.4 Å². The van der Waals surface area contributed by atoms with E-state index in [2.05, 4.69) is 15.0 Å². The summed E-state index contributed by atoms with van der Waals surface area (Å²) in [5.41, 5.74) is 0.908. The molecule has 1 aliphatic heterocycles. The highest BCUT2D eigenvalue weighted by atomic mass is 32.1. The van der Waals surface area contributed by atoms with Crippen LogP contribution in [0.3, 0.4) is 0 Å². The molecule has 0 aliphatic carbocycles. The predicted molar refractivity (Wildman–Crippen MR) is 94.6 cm³/mol. The molecule has 10 heteroatoms. The van der Waals surface area contributed by atoms with Gasteiger partial charge in [0.2, 0.25) is 10.8 Å². The van der Waals surface area contributed by atoms with Crippen molar-refractivity contribution >= 4 is 22.0 Å². The number of fused-ring (bicyclic) bond motifs is 1. The number of aromatic nitrogens is 3. The van der Waals surface area contributed by atoms with Crippen LogP contribution < -0.4 is 0 Å². The number of nitro benzene ring substituents is 1. The van der Waals surface area contributed by atoms with Crippen molar-refractivity contribution in [3.63, 3.8) is 0 Å². The monoisotopic (exact) mass is 375 g/mol. The molecule has 3 aromatic rings. The predicted octanol–water partition coefficient (Wildman–Crippen LogP) is 2.13. The van der Waals surface area contributed by atoms with E-state index in [4.69, 9.17) is 4.74 Å². The Bertz CT molecular complexity index is 946. The van der Waals surface area contributed by atoms with Gasteiger partial charge < -0.3 is 9.84 Å². The lowest BCUT2D eigenvalue weighted by Crippen LogP contribution is -2.39. The minimum Gasteiger partial charge on any atom is -0.492 e. The third-order valence-corrected chi connectivity index (χ3v) is 5.46. The van der Waals surface area contributed by atoms with Crippen molar-refractivity contribution in [1.29, 1.82) is 0 Å². The first kappa shape index (κ1) is 16.9. The first-order valence-corrected chi connectivity index (χ1v) is 8.97. The molecule has 0 unspecified atom stereocenters. The third kappa shape index (κ3) is 2.91. The van der Waals surface area contributed by atoms with E-state index in [-0.39, 0.29) is 17.6 Å². The normalized spacial score (nSPS) is 16.8. The lowest BCUT2D eigenvalue weighted by molar-refractivity contribution is -0.384. The molecular formula is C16H17N5O4S. The van der Waals surface area contributed by atoms with Gasteiger partial charge in [-0.1, -0.05) is 23.5 Å². The molecule has 0 radical (unpaired) electrons. The molecule has 2 aromatic heterocycles. The van der Waals surface area contributed by atoms with Gasteiger partial charge in [-0.05, 0) is 12.5 Å². The standard InChI is InChI=1S/C16H17N5O4S/c1-10-17-16-20(18-10)15(22)14(26-16)13(19-6-8-25-9-7-19)11-2-4-12(5-3-11)21(23)24/h2-5,13,22H,6-9H2,1H3/t13-/m0/s1. The zero-order chi connectivity index (χ0) is 18.3. The number of aromatic hydroxyl groups is 1. The van der Waals surface area contributed by atoms with Crippen LogP contribution in [0.5, 0.6) is 5.88 Å². The molecule has 3 heterocycles. The number of hydrogen-bond acceptors (Lipinski definition) is 8. The van der Waals surface area contributed by atoms with Crippen molar-refractivity contribution in [1.82, 2.24) is 19.5 Å². The Morgan fingerprint density at radius 2 is 2.00 bits per heavy atom. The summed E-state index contributed by atoms with van der Waals surface area (Å²) < 4.78 is 6.88. The van der Waals surface area contributed by atoms with E-state index in [0.29, 0.717) is 37.1 Å². The van der Waals surface area contributed by atoms with Crippen molar-refractivity contribution in [2.24, 2.45) is 0 Å². The minimum atomic E-state index is -0.420. The largest absolute Gasteiger partial charge is 0.492 e. The topological polar surface area (TPSA) is 106 Å². The Kier molecular flexibility index (Phi) is 4.31. The van der Waals surface area contributed by atoms with Crippen LogP contribution in [0.25, 0.3) is 4.96 Å². The molecule has 0 saturated carbocycles. The number of morpholine rings is 1. The number of hydrogen-bond donors (Lipinski definition) is 1. The summed E-state index contributed by atoms with van der Waals surface area (Å²) in [7, 11) is 0. The maximum atomic E-state index is 10.9. The molecule has 1 saturated heterocycles. The van der Waals surface area contributed by atoms with Crippen LogP contribution in [0.15, 0.2) is 24.3 Å². The molecular weight excluding hydrogens is 358 g/mol. The summed E-state index contributed by atoms with van der Waals surface area (Å²) in [4.78, 5) is 18.4. The highest BCUT2D eigenvalue weighted by molar-refractivity contribution is 7.17. The molecule has 0 bridgehead atoms. The fraction of sp³-hybridized carbons (Fsp3) is 0.375. The van der Waals surface area contributed by atoms with Gasteiger partial charge >= 0.3 is 0 Å². The summed E-state index contributed by atoms with van der Waals surface area (Å²) in [6.07, 6.45) is 0. The Hall–Kier alpha value is -2.56. The van der Waals surface area contributed by atoms with Gasteiger partial charge in [0, 0.05) is 25.2 Å². The van der Waals surface area contributed by atoms with E-state index in [1.54, 1.807) is 19.1 Å². The quantitative estimate of drug-likeness (QED) is 0.550. The second-order valence-electron chi connectivity index (χ2n) is 6.04. The number of ether oxygens (including phenoxy) is 1. The summed E-state index contributed by atoms with van der Waals surface area (Å²) >= 11 is 1.37. The van der Waals surface area contributed by atoms with Gasteiger partial charge in [0.15, 0.2) is 0 Å². The molecule has 1 atom stereocenters. The average molecular weight is 375 g/mol. The van der Waals surface area contributed by atoms with Crippen LogP contribution >= 0.6 is 11.3 Å².